The number of nitrogens with zero attached hydrogens (tertiary/aromatic N) is 1. The highest BCUT2D eigenvalue weighted by atomic mass is 32.2. The van der Waals surface area contributed by atoms with E-state index >= 15 is 0 Å². The molecule has 0 radical (unpaired) electrons. The molecular formula is C14H24N2S. The molecule has 2 nitrogen and oxygen atoms in total. The van der Waals surface area contributed by atoms with E-state index in [9.17, 15) is 5.26 Å². The van der Waals surface area contributed by atoms with Crippen molar-refractivity contribution >= 4 is 11.8 Å². The van der Waals surface area contributed by atoms with Crippen molar-refractivity contribution in [1.82, 2.24) is 5.32 Å². The second kappa shape index (κ2) is 5.63. The molecule has 96 valence electrons. The molecule has 3 heteroatoms. The van der Waals surface area contributed by atoms with Gasteiger partial charge in [-0.3, -0.25) is 5.32 Å². The number of nitriles is 1. The van der Waals surface area contributed by atoms with Crippen molar-refractivity contribution in [3.63, 3.8) is 0 Å². The smallest absolute Gasteiger partial charge is 0.108 e. The van der Waals surface area contributed by atoms with Crippen LogP contribution < -0.4 is 5.32 Å². The van der Waals surface area contributed by atoms with Crippen molar-refractivity contribution in [2.45, 2.75) is 69.2 Å². The molecule has 0 heterocycles. The fraction of sp³-hybridized carbons (Fsp3) is 0.929. The van der Waals surface area contributed by atoms with E-state index in [0.717, 1.165) is 18.8 Å². The highest BCUT2D eigenvalue weighted by Crippen LogP contribution is 2.37. The SMILES string of the molecule is CC(C)CSC1CCCC(C#N)(NC2CC2)C1. The van der Waals surface area contributed by atoms with Gasteiger partial charge in [-0.05, 0) is 50.2 Å². The molecule has 0 bridgehead atoms. The van der Waals surface area contributed by atoms with E-state index in [-0.39, 0.29) is 5.54 Å². The Balaban J connectivity index is 1.87. The normalized spacial score (nSPS) is 33.6. The second-order valence-corrected chi connectivity index (χ2v) is 7.39. The summed E-state index contributed by atoms with van der Waals surface area (Å²) < 4.78 is 0. The third kappa shape index (κ3) is 3.89. The first-order valence-electron chi connectivity index (χ1n) is 6.94. The zero-order chi connectivity index (χ0) is 12.3. The molecular weight excluding hydrogens is 228 g/mol. The Hall–Kier alpha value is -0.200. The largest absolute Gasteiger partial charge is 0.297 e. The van der Waals surface area contributed by atoms with E-state index in [4.69, 9.17) is 0 Å². The Kier molecular flexibility index (Phi) is 4.38. The lowest BCUT2D eigenvalue weighted by atomic mass is 9.82. The molecule has 0 saturated heterocycles. The maximum Gasteiger partial charge on any atom is 0.108 e. The van der Waals surface area contributed by atoms with Gasteiger partial charge in [-0.1, -0.05) is 13.8 Å². The fourth-order valence-electron chi connectivity index (χ4n) is 2.58. The van der Waals surface area contributed by atoms with Crippen LogP contribution >= 0.6 is 11.8 Å². The van der Waals surface area contributed by atoms with Crippen LogP contribution in [0.25, 0.3) is 0 Å². The predicted octanol–water partition coefficient (Wildman–Crippen LogP) is 3.33. The van der Waals surface area contributed by atoms with Crippen LogP contribution in [0, 0.1) is 17.2 Å². The molecule has 2 rings (SSSR count). The summed E-state index contributed by atoms with van der Waals surface area (Å²) in [5.41, 5.74) is -0.200. The second-order valence-electron chi connectivity index (χ2n) is 6.06. The van der Waals surface area contributed by atoms with Gasteiger partial charge in [0, 0.05) is 11.3 Å². The molecule has 0 amide bonds. The van der Waals surface area contributed by atoms with Crippen LogP contribution in [0.2, 0.25) is 0 Å². The highest BCUT2D eigenvalue weighted by Gasteiger charge is 2.40. The van der Waals surface area contributed by atoms with Crippen molar-refractivity contribution < 1.29 is 0 Å². The minimum absolute atomic E-state index is 0.200. The van der Waals surface area contributed by atoms with Crippen LogP contribution in [-0.4, -0.2) is 22.6 Å². The van der Waals surface area contributed by atoms with Crippen LogP contribution in [-0.2, 0) is 0 Å². The molecule has 1 N–H and O–H groups in total. The molecule has 0 spiro atoms. The molecule has 2 aliphatic carbocycles. The van der Waals surface area contributed by atoms with Gasteiger partial charge in [0.05, 0.1) is 6.07 Å². The molecule has 0 aromatic rings. The first-order chi connectivity index (χ1) is 8.13. The Labute approximate surface area is 110 Å². The lowest BCUT2D eigenvalue weighted by Crippen LogP contribution is -2.49. The molecule has 0 aromatic heterocycles. The topological polar surface area (TPSA) is 35.8 Å². The Bertz CT molecular complexity index is 293. The summed E-state index contributed by atoms with van der Waals surface area (Å²) in [4.78, 5) is 0. The average molecular weight is 252 g/mol. The van der Waals surface area contributed by atoms with Crippen LogP contribution in [0.1, 0.15) is 52.4 Å². The van der Waals surface area contributed by atoms with Crippen molar-refractivity contribution in [3.05, 3.63) is 0 Å². The van der Waals surface area contributed by atoms with Gasteiger partial charge in [0.1, 0.15) is 5.54 Å². The summed E-state index contributed by atoms with van der Waals surface area (Å²) in [6.45, 7) is 4.55. The summed E-state index contributed by atoms with van der Waals surface area (Å²) in [6, 6.07) is 3.22. The van der Waals surface area contributed by atoms with Crippen molar-refractivity contribution in [1.29, 1.82) is 5.26 Å². The lowest BCUT2D eigenvalue weighted by molar-refractivity contribution is 0.301. The third-order valence-electron chi connectivity index (χ3n) is 3.64. The monoisotopic (exact) mass is 252 g/mol. The number of rotatable bonds is 5. The van der Waals surface area contributed by atoms with Gasteiger partial charge < -0.3 is 0 Å². The molecule has 2 fully saturated rings. The van der Waals surface area contributed by atoms with Gasteiger partial charge in [0.25, 0.3) is 0 Å². The molecule has 0 aliphatic heterocycles. The van der Waals surface area contributed by atoms with Crippen LogP contribution in [0.15, 0.2) is 0 Å². The van der Waals surface area contributed by atoms with E-state index in [2.05, 4.69) is 37.0 Å². The van der Waals surface area contributed by atoms with Crippen LogP contribution in [0.3, 0.4) is 0 Å². The van der Waals surface area contributed by atoms with Gasteiger partial charge in [-0.15, -0.1) is 0 Å². The summed E-state index contributed by atoms with van der Waals surface area (Å²) in [6.07, 6.45) is 7.16. The first kappa shape index (κ1) is 13.2. The molecule has 2 aliphatic rings. The molecule has 0 aromatic carbocycles. The maximum atomic E-state index is 9.49. The van der Waals surface area contributed by atoms with Gasteiger partial charge in [-0.25, -0.2) is 0 Å². The minimum Gasteiger partial charge on any atom is -0.297 e. The van der Waals surface area contributed by atoms with E-state index < -0.39 is 0 Å². The van der Waals surface area contributed by atoms with Gasteiger partial charge in [0.2, 0.25) is 0 Å². The van der Waals surface area contributed by atoms with Gasteiger partial charge in [-0.2, -0.15) is 17.0 Å². The molecule has 2 saturated carbocycles. The lowest BCUT2D eigenvalue weighted by Gasteiger charge is -2.36. The summed E-state index contributed by atoms with van der Waals surface area (Å²) in [5.74, 6) is 1.99. The number of nitrogens with one attached hydrogen (secondary N) is 1. The fourth-order valence-corrected chi connectivity index (χ4v) is 3.97. The Morgan fingerprint density at radius 3 is 2.76 bits per heavy atom. The Morgan fingerprint density at radius 1 is 1.41 bits per heavy atom. The zero-order valence-electron chi connectivity index (χ0n) is 11.0. The van der Waals surface area contributed by atoms with Crippen molar-refractivity contribution in [3.8, 4) is 6.07 Å². The van der Waals surface area contributed by atoms with E-state index in [1.807, 2.05) is 0 Å². The standard InChI is InChI=1S/C14H24N2S/c1-11(2)9-17-13-4-3-7-14(8-13,10-15)16-12-5-6-12/h11-13,16H,3-9H2,1-2H3. The van der Waals surface area contributed by atoms with Gasteiger partial charge in [0.15, 0.2) is 0 Å². The molecule has 17 heavy (non-hydrogen) atoms. The van der Waals surface area contributed by atoms with E-state index in [1.165, 1.54) is 31.4 Å². The van der Waals surface area contributed by atoms with Crippen LogP contribution in [0.4, 0.5) is 0 Å². The molecule has 2 atom stereocenters. The average Bonchev–Trinajstić information content (AvgIpc) is 3.11. The maximum absolute atomic E-state index is 9.49. The molecule has 2 unspecified atom stereocenters. The first-order valence-corrected chi connectivity index (χ1v) is 7.99. The predicted molar refractivity (Wildman–Crippen MR) is 74.1 cm³/mol. The van der Waals surface area contributed by atoms with E-state index in [1.54, 1.807) is 0 Å². The van der Waals surface area contributed by atoms with Crippen molar-refractivity contribution in [2.24, 2.45) is 5.92 Å². The summed E-state index contributed by atoms with van der Waals surface area (Å²) >= 11 is 2.08. The minimum atomic E-state index is -0.200. The van der Waals surface area contributed by atoms with Crippen molar-refractivity contribution in [2.75, 3.05) is 5.75 Å². The Morgan fingerprint density at radius 2 is 2.18 bits per heavy atom. The van der Waals surface area contributed by atoms with Crippen LogP contribution in [0.5, 0.6) is 0 Å². The third-order valence-corrected chi connectivity index (χ3v) is 5.38. The van der Waals surface area contributed by atoms with Gasteiger partial charge >= 0.3 is 0 Å². The number of hydrogen-bond acceptors (Lipinski definition) is 3. The quantitative estimate of drug-likeness (QED) is 0.815. The summed E-state index contributed by atoms with van der Waals surface area (Å²) in [7, 11) is 0. The number of hydrogen-bond donors (Lipinski definition) is 1. The number of thioether (sulfide) groups is 1. The highest BCUT2D eigenvalue weighted by molar-refractivity contribution is 7.99. The zero-order valence-corrected chi connectivity index (χ0v) is 11.9. The van der Waals surface area contributed by atoms with E-state index in [0.29, 0.717) is 11.3 Å². The summed E-state index contributed by atoms with van der Waals surface area (Å²) in [5, 5.41) is 13.8.